The molecule has 4 fully saturated rings. The van der Waals surface area contributed by atoms with Gasteiger partial charge < -0.3 is 19.5 Å². The highest BCUT2D eigenvalue weighted by Crippen LogP contribution is 2.67. The SMILES string of the molecule is CCOc1cccc(C2C3=CCC4C(=O)N(c5ccc(N6CCOCC6)cc5)C(=O)C4C3CC3(Cl)C(=O)N(c4ccc(F)cc4)C(=O)C23Cl)c1O. The van der Waals surface area contributed by atoms with E-state index < -0.39 is 57.0 Å². The van der Waals surface area contributed by atoms with Gasteiger partial charge in [0.15, 0.2) is 21.2 Å². The van der Waals surface area contributed by atoms with Crippen molar-refractivity contribution in [3.8, 4) is 11.5 Å². The van der Waals surface area contributed by atoms with E-state index >= 15 is 0 Å². The predicted molar refractivity (Wildman–Crippen MR) is 188 cm³/mol. The Morgan fingerprint density at radius 1 is 0.863 bits per heavy atom. The summed E-state index contributed by atoms with van der Waals surface area (Å²) < 4.78 is 25.1. The van der Waals surface area contributed by atoms with Crippen LogP contribution in [-0.2, 0) is 23.9 Å². The zero-order valence-corrected chi connectivity index (χ0v) is 29.1. The van der Waals surface area contributed by atoms with Crippen LogP contribution in [0.3, 0.4) is 0 Å². The van der Waals surface area contributed by atoms with Crippen molar-refractivity contribution in [2.24, 2.45) is 17.8 Å². The number of phenolic OH excluding ortho intramolecular Hbond substituents is 1. The van der Waals surface area contributed by atoms with Crippen LogP contribution in [0.2, 0.25) is 0 Å². The van der Waals surface area contributed by atoms with Gasteiger partial charge in [-0.15, -0.1) is 23.2 Å². The molecule has 3 aromatic carbocycles. The van der Waals surface area contributed by atoms with Gasteiger partial charge in [-0.25, -0.2) is 9.29 Å². The van der Waals surface area contributed by atoms with Gasteiger partial charge in [0.05, 0.1) is 43.0 Å². The number of halogens is 3. The number of para-hydroxylation sites is 1. The molecule has 3 heterocycles. The molecule has 264 valence electrons. The number of aromatic hydroxyl groups is 1. The van der Waals surface area contributed by atoms with Crippen molar-refractivity contribution in [2.75, 3.05) is 47.6 Å². The second-order valence-electron chi connectivity index (χ2n) is 13.5. The molecule has 0 bridgehead atoms. The molecule has 4 amide bonds. The molecule has 0 aromatic heterocycles. The van der Waals surface area contributed by atoms with E-state index in [1.54, 1.807) is 43.3 Å². The van der Waals surface area contributed by atoms with Crippen LogP contribution < -0.4 is 19.4 Å². The van der Waals surface area contributed by atoms with E-state index in [1.165, 1.54) is 17.0 Å². The minimum Gasteiger partial charge on any atom is -0.504 e. The maximum Gasteiger partial charge on any atom is 0.258 e. The number of carbonyl (C=O) groups excluding carboxylic acids is 4. The molecule has 6 unspecified atom stereocenters. The van der Waals surface area contributed by atoms with Crippen LogP contribution in [0.15, 0.2) is 78.4 Å². The molecular formula is C38H34Cl2FN3O7. The number of carbonyl (C=O) groups is 4. The van der Waals surface area contributed by atoms with E-state index in [-0.39, 0.29) is 48.1 Å². The number of fused-ring (bicyclic) bond motifs is 4. The second-order valence-corrected chi connectivity index (χ2v) is 14.7. The molecule has 6 atom stereocenters. The number of rotatable bonds is 6. The van der Waals surface area contributed by atoms with Gasteiger partial charge in [-0.1, -0.05) is 23.8 Å². The molecule has 3 saturated heterocycles. The van der Waals surface area contributed by atoms with Gasteiger partial charge in [0.25, 0.3) is 11.8 Å². The fourth-order valence-corrected chi connectivity index (χ4v) is 9.60. The van der Waals surface area contributed by atoms with Gasteiger partial charge in [-0.05, 0) is 80.3 Å². The average Bonchev–Trinajstić information content (AvgIpc) is 3.48. The minimum absolute atomic E-state index is 0.0699. The van der Waals surface area contributed by atoms with Gasteiger partial charge in [0.2, 0.25) is 11.8 Å². The highest BCUT2D eigenvalue weighted by molar-refractivity contribution is 6.58. The van der Waals surface area contributed by atoms with E-state index in [9.17, 15) is 28.7 Å². The molecule has 1 N–H and O–H groups in total. The van der Waals surface area contributed by atoms with Crippen molar-refractivity contribution in [1.29, 1.82) is 0 Å². The van der Waals surface area contributed by atoms with Crippen LogP contribution in [0.25, 0.3) is 0 Å². The fourth-order valence-electron chi connectivity index (χ4n) is 8.68. The van der Waals surface area contributed by atoms with E-state index in [2.05, 4.69) is 4.90 Å². The van der Waals surface area contributed by atoms with Crippen molar-refractivity contribution in [3.63, 3.8) is 0 Å². The monoisotopic (exact) mass is 733 g/mol. The number of amides is 4. The smallest absolute Gasteiger partial charge is 0.258 e. The lowest BCUT2D eigenvalue weighted by atomic mass is 9.56. The molecule has 8 rings (SSSR count). The quantitative estimate of drug-likeness (QED) is 0.200. The molecule has 2 aliphatic carbocycles. The Morgan fingerprint density at radius 3 is 2.20 bits per heavy atom. The fraction of sp³-hybridized carbons (Fsp3) is 0.368. The zero-order chi connectivity index (χ0) is 35.8. The summed E-state index contributed by atoms with van der Waals surface area (Å²) in [7, 11) is 0. The molecule has 10 nitrogen and oxygen atoms in total. The lowest BCUT2D eigenvalue weighted by Crippen LogP contribution is -2.60. The summed E-state index contributed by atoms with van der Waals surface area (Å²) in [5.41, 5.74) is 2.16. The summed E-state index contributed by atoms with van der Waals surface area (Å²) in [6.07, 6.45) is 1.73. The molecule has 5 aliphatic rings. The molecule has 0 spiro atoms. The molecule has 3 aliphatic heterocycles. The second kappa shape index (κ2) is 12.4. The number of allylic oxidation sites excluding steroid dienone is 2. The van der Waals surface area contributed by atoms with Gasteiger partial charge in [0.1, 0.15) is 5.82 Å². The molecule has 51 heavy (non-hydrogen) atoms. The largest absolute Gasteiger partial charge is 0.504 e. The molecular weight excluding hydrogens is 700 g/mol. The molecule has 0 radical (unpaired) electrons. The first-order valence-corrected chi connectivity index (χ1v) is 17.7. The van der Waals surface area contributed by atoms with Crippen LogP contribution in [0.4, 0.5) is 21.5 Å². The highest BCUT2D eigenvalue weighted by Gasteiger charge is 2.77. The van der Waals surface area contributed by atoms with E-state index in [0.29, 0.717) is 24.5 Å². The molecule has 3 aromatic rings. The topological polar surface area (TPSA) is 117 Å². The van der Waals surface area contributed by atoms with Gasteiger partial charge in [0, 0.05) is 30.3 Å². The predicted octanol–water partition coefficient (Wildman–Crippen LogP) is 5.53. The zero-order valence-electron chi connectivity index (χ0n) is 27.6. The number of alkyl halides is 2. The van der Waals surface area contributed by atoms with Crippen molar-refractivity contribution in [3.05, 3.63) is 89.8 Å². The average molecular weight is 735 g/mol. The Morgan fingerprint density at radius 2 is 1.51 bits per heavy atom. The highest BCUT2D eigenvalue weighted by atomic mass is 35.5. The number of hydrogen-bond donors (Lipinski definition) is 1. The minimum atomic E-state index is -2.18. The summed E-state index contributed by atoms with van der Waals surface area (Å²) in [6.45, 7) is 4.67. The normalized spacial score (nSPS) is 30.3. The van der Waals surface area contributed by atoms with Crippen LogP contribution in [0.5, 0.6) is 11.5 Å². The summed E-state index contributed by atoms with van der Waals surface area (Å²) in [4.78, 5) is 57.5. The van der Waals surface area contributed by atoms with Gasteiger partial charge in [-0.2, -0.15) is 0 Å². The summed E-state index contributed by atoms with van der Waals surface area (Å²) in [5, 5.41) is 11.6. The first-order chi connectivity index (χ1) is 24.5. The first-order valence-electron chi connectivity index (χ1n) is 17.0. The number of imide groups is 2. The third-order valence-electron chi connectivity index (χ3n) is 11.0. The number of ether oxygens (including phenoxy) is 2. The third-order valence-corrected chi connectivity index (χ3v) is 12.4. The number of morpholine rings is 1. The van der Waals surface area contributed by atoms with E-state index in [0.717, 1.165) is 35.8 Å². The van der Waals surface area contributed by atoms with Crippen LogP contribution >= 0.6 is 23.2 Å². The lowest BCUT2D eigenvalue weighted by molar-refractivity contribution is -0.125. The van der Waals surface area contributed by atoms with Crippen LogP contribution in [0.1, 0.15) is 31.2 Å². The summed E-state index contributed by atoms with van der Waals surface area (Å²) >= 11 is 14.9. The Kier molecular flexibility index (Phi) is 8.16. The van der Waals surface area contributed by atoms with E-state index in [4.69, 9.17) is 32.7 Å². The lowest BCUT2D eigenvalue weighted by Gasteiger charge is -2.50. The Balaban J connectivity index is 1.23. The van der Waals surface area contributed by atoms with Gasteiger partial charge >= 0.3 is 0 Å². The standard InChI is InChI=1S/C38H34Cl2FN3O7/c1-2-51-29-5-3-4-27(32(29)45)31-25-14-15-26-30(34(47)43(33(26)46)23-12-10-22(11-13-23)42-16-18-50-19-17-42)28(25)20-37(39)35(48)44(36(49)38(31,37)40)24-8-6-21(41)7-9-24/h3-14,26,28,30-31,45H,2,15-20H2,1H3. The molecule has 13 heteroatoms. The number of benzene rings is 3. The third kappa shape index (κ3) is 4.84. The Bertz CT molecular complexity index is 1990. The Labute approximate surface area is 303 Å². The summed E-state index contributed by atoms with van der Waals surface area (Å²) in [5.74, 6) is -6.90. The van der Waals surface area contributed by atoms with Crippen molar-refractivity contribution in [2.45, 2.75) is 35.4 Å². The number of nitrogens with zero attached hydrogens (tertiary/aromatic N) is 3. The Hall–Kier alpha value is -4.45. The van der Waals surface area contributed by atoms with E-state index in [1.807, 2.05) is 12.1 Å². The van der Waals surface area contributed by atoms with Crippen LogP contribution in [0, 0.1) is 23.6 Å². The first kappa shape index (κ1) is 33.7. The maximum atomic E-state index is 14.6. The maximum absolute atomic E-state index is 14.6. The number of anilines is 3. The van der Waals surface area contributed by atoms with Crippen molar-refractivity contribution >= 4 is 63.9 Å². The number of phenols is 1. The van der Waals surface area contributed by atoms with Crippen molar-refractivity contribution < 1.29 is 38.1 Å². The van der Waals surface area contributed by atoms with Crippen molar-refractivity contribution in [1.82, 2.24) is 0 Å². The number of hydrogen-bond acceptors (Lipinski definition) is 8. The molecule has 1 saturated carbocycles. The van der Waals surface area contributed by atoms with Gasteiger partial charge in [-0.3, -0.25) is 24.1 Å². The van der Waals surface area contributed by atoms with Crippen LogP contribution in [-0.4, -0.2) is 71.4 Å². The summed E-state index contributed by atoms with van der Waals surface area (Å²) in [6, 6.07) is 16.8.